The average molecular weight is 414 g/mol. The Kier molecular flexibility index (Phi) is 7.64. The topological polar surface area (TPSA) is 50.8 Å². The number of benzene rings is 1. The number of likely N-dealkylation sites (tertiary alicyclic amines) is 1. The van der Waals surface area contributed by atoms with Crippen LogP contribution in [0.2, 0.25) is 0 Å². The zero-order valence-electron chi connectivity index (χ0n) is 16.5. The fourth-order valence-electron chi connectivity index (χ4n) is 4.16. The van der Waals surface area contributed by atoms with E-state index in [2.05, 4.69) is 10.2 Å². The van der Waals surface area contributed by atoms with Crippen LogP contribution in [0, 0.1) is 0 Å². The van der Waals surface area contributed by atoms with Gasteiger partial charge in [-0.25, -0.2) is 0 Å². The number of hydrogen-bond donors (Lipinski definition) is 1. The van der Waals surface area contributed by atoms with E-state index in [0.717, 1.165) is 25.9 Å². The molecule has 1 unspecified atom stereocenters. The Morgan fingerprint density at radius 1 is 1.03 bits per heavy atom. The lowest BCUT2D eigenvalue weighted by atomic mass is 9.92. The third-order valence-corrected chi connectivity index (χ3v) is 5.51. The predicted octanol–water partition coefficient (Wildman–Crippen LogP) is 3.92. The van der Waals surface area contributed by atoms with Gasteiger partial charge >= 0.3 is 6.18 Å². The van der Waals surface area contributed by atoms with Gasteiger partial charge in [0.15, 0.2) is 24.7 Å². The first-order valence-corrected chi connectivity index (χ1v) is 10.4. The van der Waals surface area contributed by atoms with Crippen molar-refractivity contribution in [3.05, 3.63) is 24.3 Å². The van der Waals surface area contributed by atoms with E-state index >= 15 is 0 Å². The van der Waals surface area contributed by atoms with Gasteiger partial charge in [-0.3, -0.25) is 9.69 Å². The van der Waals surface area contributed by atoms with Crippen LogP contribution in [0.1, 0.15) is 44.9 Å². The minimum absolute atomic E-state index is 0.0289. The normalized spacial score (nSPS) is 21.6. The third kappa shape index (κ3) is 7.10. The Labute approximate surface area is 169 Å². The van der Waals surface area contributed by atoms with Crippen molar-refractivity contribution in [2.45, 2.75) is 63.2 Å². The molecule has 5 nitrogen and oxygen atoms in total. The molecular formula is C21H29F3N2O3. The molecule has 0 aromatic heterocycles. The zero-order chi connectivity index (χ0) is 20.7. The molecule has 1 aliphatic heterocycles. The molecule has 3 rings (SSSR count). The van der Waals surface area contributed by atoms with E-state index in [0.29, 0.717) is 6.04 Å². The first kappa shape index (κ1) is 21.7. The van der Waals surface area contributed by atoms with Gasteiger partial charge in [-0.15, -0.1) is 0 Å². The fraction of sp³-hybridized carbons (Fsp3) is 0.667. The highest BCUT2D eigenvalue weighted by molar-refractivity contribution is 5.78. The smallest absolute Gasteiger partial charge is 0.422 e. The maximum absolute atomic E-state index is 12.4. The molecule has 1 saturated heterocycles. The fourth-order valence-corrected chi connectivity index (χ4v) is 4.16. The highest BCUT2D eigenvalue weighted by Crippen LogP contribution is 2.28. The SMILES string of the molecule is O=C(COc1ccccc1OCC(F)(F)F)NC1CCCN(C2CCCCC2)C1. The van der Waals surface area contributed by atoms with E-state index < -0.39 is 12.8 Å². The van der Waals surface area contributed by atoms with E-state index in [4.69, 9.17) is 9.47 Å². The maximum Gasteiger partial charge on any atom is 0.422 e. The van der Waals surface area contributed by atoms with Crippen LogP contribution >= 0.6 is 0 Å². The molecule has 1 aliphatic carbocycles. The van der Waals surface area contributed by atoms with Crippen LogP contribution in [0.4, 0.5) is 13.2 Å². The van der Waals surface area contributed by atoms with Crippen LogP contribution < -0.4 is 14.8 Å². The first-order chi connectivity index (χ1) is 13.9. The molecule has 1 saturated carbocycles. The van der Waals surface area contributed by atoms with Gasteiger partial charge < -0.3 is 14.8 Å². The number of para-hydroxylation sites is 2. The van der Waals surface area contributed by atoms with Crippen molar-refractivity contribution in [3.63, 3.8) is 0 Å². The van der Waals surface area contributed by atoms with Gasteiger partial charge in [0.2, 0.25) is 0 Å². The molecule has 0 radical (unpaired) electrons. The summed E-state index contributed by atoms with van der Waals surface area (Å²) in [6.07, 6.45) is 3.89. The average Bonchev–Trinajstić information content (AvgIpc) is 2.71. The van der Waals surface area contributed by atoms with Gasteiger partial charge in [0.1, 0.15) is 0 Å². The summed E-state index contributed by atoms with van der Waals surface area (Å²) in [4.78, 5) is 14.8. The van der Waals surface area contributed by atoms with Crippen molar-refractivity contribution in [2.75, 3.05) is 26.3 Å². The molecule has 1 aromatic carbocycles. The van der Waals surface area contributed by atoms with Crippen molar-refractivity contribution in [3.8, 4) is 11.5 Å². The van der Waals surface area contributed by atoms with Crippen LogP contribution in [0.3, 0.4) is 0 Å². The Morgan fingerprint density at radius 3 is 2.41 bits per heavy atom. The second-order valence-electron chi connectivity index (χ2n) is 7.83. The number of rotatable bonds is 7. The monoisotopic (exact) mass is 414 g/mol. The number of carbonyl (C=O) groups is 1. The second-order valence-corrected chi connectivity index (χ2v) is 7.83. The summed E-state index contributed by atoms with van der Waals surface area (Å²) < 4.78 is 47.3. The van der Waals surface area contributed by atoms with E-state index in [-0.39, 0.29) is 30.1 Å². The molecule has 2 fully saturated rings. The maximum atomic E-state index is 12.4. The number of nitrogens with zero attached hydrogens (tertiary/aromatic N) is 1. The quantitative estimate of drug-likeness (QED) is 0.735. The van der Waals surface area contributed by atoms with Crippen LogP contribution in [-0.2, 0) is 4.79 Å². The van der Waals surface area contributed by atoms with Crippen molar-refractivity contribution < 1.29 is 27.4 Å². The predicted molar refractivity (Wildman–Crippen MR) is 103 cm³/mol. The molecule has 1 N–H and O–H groups in total. The third-order valence-electron chi connectivity index (χ3n) is 5.51. The van der Waals surface area contributed by atoms with Gasteiger partial charge in [0.05, 0.1) is 0 Å². The summed E-state index contributed by atoms with van der Waals surface area (Å²) in [5, 5.41) is 3.01. The number of piperidine rings is 1. The highest BCUT2D eigenvalue weighted by Gasteiger charge is 2.29. The standard InChI is InChI=1S/C21H29F3N2O3/c22-21(23,24)15-29-19-11-5-4-10-18(19)28-14-20(27)25-16-7-6-12-26(13-16)17-8-2-1-3-9-17/h4-5,10-11,16-17H,1-3,6-9,12-15H2,(H,25,27). The first-order valence-electron chi connectivity index (χ1n) is 10.4. The van der Waals surface area contributed by atoms with Gasteiger partial charge in [0.25, 0.3) is 5.91 Å². The summed E-state index contributed by atoms with van der Waals surface area (Å²) in [7, 11) is 0. The van der Waals surface area contributed by atoms with Crippen LogP contribution in [-0.4, -0.2) is 55.4 Å². The summed E-state index contributed by atoms with van der Waals surface area (Å²) in [6, 6.07) is 6.76. The van der Waals surface area contributed by atoms with Gasteiger partial charge in [-0.1, -0.05) is 31.4 Å². The molecule has 0 spiro atoms. The lowest BCUT2D eigenvalue weighted by Crippen LogP contribution is -2.52. The van der Waals surface area contributed by atoms with Crippen LogP contribution in [0.5, 0.6) is 11.5 Å². The minimum atomic E-state index is -4.43. The Bertz CT molecular complexity index is 663. The Morgan fingerprint density at radius 2 is 1.72 bits per heavy atom. The molecule has 2 aliphatic rings. The van der Waals surface area contributed by atoms with Crippen LogP contribution in [0.15, 0.2) is 24.3 Å². The summed E-state index contributed by atoms with van der Waals surface area (Å²) in [6.45, 7) is 0.268. The minimum Gasteiger partial charge on any atom is -0.480 e. The van der Waals surface area contributed by atoms with Crippen molar-refractivity contribution in [1.29, 1.82) is 0 Å². The number of ether oxygens (including phenoxy) is 2. The molecule has 1 amide bonds. The van der Waals surface area contributed by atoms with Crippen molar-refractivity contribution in [1.82, 2.24) is 10.2 Å². The van der Waals surface area contributed by atoms with E-state index in [1.54, 1.807) is 12.1 Å². The number of amides is 1. The van der Waals surface area contributed by atoms with E-state index in [9.17, 15) is 18.0 Å². The number of hydrogen-bond acceptors (Lipinski definition) is 4. The number of halogens is 3. The largest absolute Gasteiger partial charge is 0.480 e. The van der Waals surface area contributed by atoms with Crippen molar-refractivity contribution >= 4 is 5.91 Å². The van der Waals surface area contributed by atoms with E-state index in [1.807, 2.05) is 0 Å². The van der Waals surface area contributed by atoms with E-state index in [1.165, 1.54) is 44.2 Å². The van der Waals surface area contributed by atoms with Gasteiger partial charge in [-0.2, -0.15) is 13.2 Å². The molecule has 1 heterocycles. The number of carbonyl (C=O) groups excluding carboxylic acids is 1. The zero-order valence-corrected chi connectivity index (χ0v) is 16.5. The molecular weight excluding hydrogens is 385 g/mol. The Hall–Kier alpha value is -1.96. The lowest BCUT2D eigenvalue weighted by Gasteiger charge is -2.40. The summed E-state index contributed by atoms with van der Waals surface area (Å²) in [5.74, 6) is -0.177. The summed E-state index contributed by atoms with van der Waals surface area (Å²) in [5.41, 5.74) is 0. The molecule has 162 valence electrons. The molecule has 29 heavy (non-hydrogen) atoms. The summed E-state index contributed by atoms with van der Waals surface area (Å²) >= 11 is 0. The Balaban J connectivity index is 1.46. The van der Waals surface area contributed by atoms with Crippen LogP contribution in [0.25, 0.3) is 0 Å². The molecule has 1 aromatic rings. The lowest BCUT2D eigenvalue weighted by molar-refractivity contribution is -0.153. The molecule has 0 bridgehead atoms. The molecule has 8 heteroatoms. The van der Waals surface area contributed by atoms with Crippen molar-refractivity contribution in [2.24, 2.45) is 0 Å². The number of nitrogens with one attached hydrogen (secondary N) is 1. The second kappa shape index (κ2) is 10.2. The molecule has 1 atom stereocenters. The van der Waals surface area contributed by atoms with Gasteiger partial charge in [-0.05, 0) is 44.4 Å². The number of alkyl halides is 3. The van der Waals surface area contributed by atoms with Gasteiger partial charge in [0, 0.05) is 18.6 Å². The highest BCUT2D eigenvalue weighted by atomic mass is 19.4.